The van der Waals surface area contributed by atoms with E-state index < -0.39 is 0 Å². The van der Waals surface area contributed by atoms with Crippen molar-refractivity contribution < 1.29 is 0 Å². The summed E-state index contributed by atoms with van der Waals surface area (Å²) in [6.45, 7) is 6.92. The lowest BCUT2D eigenvalue weighted by molar-refractivity contribution is 0.467. The van der Waals surface area contributed by atoms with Gasteiger partial charge in [0.1, 0.15) is 7.85 Å². The van der Waals surface area contributed by atoms with Crippen molar-refractivity contribution in [3.05, 3.63) is 0 Å². The second-order valence-electron chi connectivity index (χ2n) is 3.53. The van der Waals surface area contributed by atoms with Crippen LogP contribution in [0.4, 0.5) is 0 Å². The van der Waals surface area contributed by atoms with E-state index in [9.17, 15) is 0 Å². The minimum absolute atomic E-state index is 0.935. The van der Waals surface area contributed by atoms with E-state index in [1.807, 2.05) is 0 Å². The lowest BCUT2D eigenvalue weighted by Gasteiger charge is -2.17. The number of hydrogen-bond acceptors (Lipinski definition) is 0. The van der Waals surface area contributed by atoms with Crippen LogP contribution >= 0.6 is 0 Å². The van der Waals surface area contributed by atoms with Crippen LogP contribution in [0.15, 0.2) is 0 Å². The molecule has 0 rings (SSSR count). The largest absolute Gasteiger partial charge is 0.105 e. The van der Waals surface area contributed by atoms with E-state index in [4.69, 9.17) is 0 Å². The summed E-state index contributed by atoms with van der Waals surface area (Å²) in [5, 5.41) is 0. The maximum atomic E-state index is 2.38. The van der Waals surface area contributed by atoms with E-state index in [0.717, 1.165) is 11.7 Å². The molecule has 10 heavy (non-hydrogen) atoms. The highest BCUT2D eigenvalue weighted by atomic mass is 14.1. The minimum atomic E-state index is 0.935. The minimum Gasteiger partial charge on any atom is -0.0672 e. The Morgan fingerprint density at radius 1 is 1.10 bits per heavy atom. The van der Waals surface area contributed by atoms with Gasteiger partial charge in [-0.2, -0.15) is 0 Å². The molecule has 0 saturated heterocycles. The van der Waals surface area contributed by atoms with Crippen LogP contribution in [0.3, 0.4) is 0 Å². The van der Waals surface area contributed by atoms with Crippen LogP contribution in [0.2, 0.25) is 5.82 Å². The molecule has 0 aromatic carbocycles. The smallest absolute Gasteiger partial charge is 0.0672 e. The number of hydrogen-bond donors (Lipinski definition) is 0. The lowest BCUT2D eigenvalue weighted by Crippen LogP contribution is -2.04. The summed E-state index contributed by atoms with van der Waals surface area (Å²) in [6.07, 6.45) is 5.49. The Balaban J connectivity index is 3.38. The van der Waals surface area contributed by atoms with Crippen molar-refractivity contribution in [3.8, 4) is 0 Å². The van der Waals surface area contributed by atoms with Gasteiger partial charge in [-0.1, -0.05) is 52.3 Å². The SMILES string of the molecule is BC(CCC)C(C)CCC. The van der Waals surface area contributed by atoms with Crippen LogP contribution in [0.1, 0.15) is 46.5 Å². The van der Waals surface area contributed by atoms with E-state index >= 15 is 0 Å². The second-order valence-corrected chi connectivity index (χ2v) is 3.53. The van der Waals surface area contributed by atoms with Crippen molar-refractivity contribution in [2.45, 2.75) is 52.3 Å². The third-order valence-corrected chi connectivity index (χ3v) is 2.46. The fraction of sp³-hybridized carbons (Fsp3) is 1.00. The summed E-state index contributed by atoms with van der Waals surface area (Å²) in [4.78, 5) is 0. The van der Waals surface area contributed by atoms with Gasteiger partial charge in [0, 0.05) is 0 Å². The maximum absolute atomic E-state index is 2.38. The van der Waals surface area contributed by atoms with E-state index in [0.29, 0.717) is 0 Å². The molecule has 0 N–H and O–H groups in total. The predicted octanol–water partition coefficient (Wildman–Crippen LogP) is 2.64. The molecule has 0 amide bonds. The molecule has 0 spiro atoms. The first kappa shape index (κ1) is 10.1. The van der Waals surface area contributed by atoms with E-state index in [2.05, 4.69) is 28.6 Å². The molecule has 2 unspecified atom stereocenters. The van der Waals surface area contributed by atoms with Crippen LogP contribution in [-0.2, 0) is 0 Å². The summed E-state index contributed by atoms with van der Waals surface area (Å²) in [7, 11) is 2.38. The molecule has 0 aromatic heterocycles. The average Bonchev–Trinajstić information content (AvgIpc) is 1.89. The Bertz CT molecular complexity index is 61.1. The molecule has 0 radical (unpaired) electrons. The zero-order valence-corrected chi connectivity index (χ0v) is 7.98. The summed E-state index contributed by atoms with van der Waals surface area (Å²) >= 11 is 0. The van der Waals surface area contributed by atoms with E-state index in [1.54, 1.807) is 0 Å². The first-order valence-corrected chi connectivity index (χ1v) is 4.72. The van der Waals surface area contributed by atoms with Crippen molar-refractivity contribution in [3.63, 3.8) is 0 Å². The molecule has 1 heteroatoms. The van der Waals surface area contributed by atoms with Crippen LogP contribution in [0, 0.1) is 5.92 Å². The molecule has 60 valence electrons. The fourth-order valence-electron chi connectivity index (χ4n) is 1.48. The van der Waals surface area contributed by atoms with Crippen molar-refractivity contribution in [2.75, 3.05) is 0 Å². The van der Waals surface area contributed by atoms with Gasteiger partial charge in [-0.15, -0.1) is 0 Å². The van der Waals surface area contributed by atoms with Crippen molar-refractivity contribution in [1.82, 2.24) is 0 Å². The molecule has 2 atom stereocenters. The van der Waals surface area contributed by atoms with E-state index in [1.165, 1.54) is 25.7 Å². The van der Waals surface area contributed by atoms with Crippen LogP contribution in [-0.4, -0.2) is 7.85 Å². The molecule has 0 aliphatic rings. The normalized spacial score (nSPS) is 16.7. The third kappa shape index (κ3) is 3.97. The standard InChI is InChI=1S/C9H21B/c1-4-6-8(3)9(10)7-5-2/h8-9H,4-7,10H2,1-3H3. The van der Waals surface area contributed by atoms with Gasteiger partial charge in [0.15, 0.2) is 0 Å². The molecule has 0 aliphatic carbocycles. The van der Waals surface area contributed by atoms with Gasteiger partial charge in [0.25, 0.3) is 0 Å². The van der Waals surface area contributed by atoms with Gasteiger partial charge in [-0.05, 0) is 5.92 Å². The zero-order chi connectivity index (χ0) is 7.98. The average molecular weight is 140 g/mol. The summed E-state index contributed by atoms with van der Waals surface area (Å²) in [6, 6.07) is 0. The monoisotopic (exact) mass is 140 g/mol. The molecule has 0 fully saturated rings. The molecule has 0 bridgehead atoms. The highest BCUT2D eigenvalue weighted by Gasteiger charge is 2.08. The highest BCUT2D eigenvalue weighted by molar-refractivity contribution is 6.11. The molecule has 0 saturated carbocycles. The molecule has 0 aliphatic heterocycles. The van der Waals surface area contributed by atoms with Crippen molar-refractivity contribution in [2.24, 2.45) is 5.92 Å². The Morgan fingerprint density at radius 3 is 2.00 bits per heavy atom. The topological polar surface area (TPSA) is 0 Å². The summed E-state index contributed by atoms with van der Waals surface area (Å²) < 4.78 is 0. The molecule has 0 nitrogen and oxygen atoms in total. The second kappa shape index (κ2) is 5.82. The first-order valence-electron chi connectivity index (χ1n) is 4.72. The van der Waals surface area contributed by atoms with Gasteiger partial charge >= 0.3 is 0 Å². The van der Waals surface area contributed by atoms with Crippen molar-refractivity contribution >= 4 is 7.85 Å². The van der Waals surface area contributed by atoms with Crippen LogP contribution < -0.4 is 0 Å². The molecule has 0 heterocycles. The van der Waals surface area contributed by atoms with Crippen LogP contribution in [0.5, 0.6) is 0 Å². The quantitative estimate of drug-likeness (QED) is 0.515. The maximum Gasteiger partial charge on any atom is 0.105 e. The Hall–Kier alpha value is 0.0649. The Labute approximate surface area is 66.8 Å². The van der Waals surface area contributed by atoms with Gasteiger partial charge < -0.3 is 0 Å². The zero-order valence-electron chi connectivity index (χ0n) is 7.98. The third-order valence-electron chi connectivity index (χ3n) is 2.46. The van der Waals surface area contributed by atoms with E-state index in [-0.39, 0.29) is 0 Å². The highest BCUT2D eigenvalue weighted by Crippen LogP contribution is 2.23. The lowest BCUT2D eigenvalue weighted by atomic mass is 9.73. The first-order chi connectivity index (χ1) is 4.72. The Morgan fingerprint density at radius 2 is 1.60 bits per heavy atom. The van der Waals surface area contributed by atoms with Crippen molar-refractivity contribution in [1.29, 1.82) is 0 Å². The van der Waals surface area contributed by atoms with Gasteiger partial charge in [0.05, 0.1) is 0 Å². The Kier molecular flexibility index (Phi) is 5.86. The fourth-order valence-corrected chi connectivity index (χ4v) is 1.48. The van der Waals surface area contributed by atoms with Gasteiger partial charge in [0.2, 0.25) is 0 Å². The molecular weight excluding hydrogens is 119 g/mol. The van der Waals surface area contributed by atoms with Gasteiger partial charge in [-0.25, -0.2) is 0 Å². The summed E-state index contributed by atoms with van der Waals surface area (Å²) in [5.74, 6) is 1.87. The predicted molar refractivity (Wildman–Crippen MR) is 51.3 cm³/mol. The molecule has 0 aromatic rings. The van der Waals surface area contributed by atoms with Crippen LogP contribution in [0.25, 0.3) is 0 Å². The summed E-state index contributed by atoms with van der Waals surface area (Å²) in [5.41, 5.74) is 0. The van der Waals surface area contributed by atoms with Gasteiger partial charge in [-0.3, -0.25) is 0 Å². The molecular formula is C9H21B. The number of rotatable bonds is 5.